The van der Waals surface area contributed by atoms with E-state index in [1.54, 1.807) is 34.4 Å². The van der Waals surface area contributed by atoms with Gasteiger partial charge in [-0.1, -0.05) is 42.5 Å². The molecule has 0 aliphatic carbocycles. The van der Waals surface area contributed by atoms with E-state index in [0.29, 0.717) is 22.4 Å². The largest absolute Gasteiger partial charge is 0.381 e. The molecule has 4 aromatic heterocycles. The smallest absolute Gasteiger partial charge is 0.263 e. The fourth-order valence-corrected chi connectivity index (χ4v) is 5.39. The number of hydrogen-bond donors (Lipinski definition) is 2. The SMILES string of the molecule is Cc1nc(/C=C/c2cccc3cc([C@H](C)NC(=O)c4c(N)nn5cccnc45)n(-c4ccccc4)c(=O)c23)cs1. The van der Waals surface area contributed by atoms with Gasteiger partial charge in [-0.15, -0.1) is 16.4 Å². The third-order valence-corrected chi connectivity index (χ3v) is 7.42. The molecule has 0 fully saturated rings. The summed E-state index contributed by atoms with van der Waals surface area (Å²) in [5, 5.41) is 11.5. The van der Waals surface area contributed by atoms with Crippen molar-refractivity contribution in [3.63, 3.8) is 0 Å². The lowest BCUT2D eigenvalue weighted by Crippen LogP contribution is -2.32. The molecule has 40 heavy (non-hydrogen) atoms. The van der Waals surface area contributed by atoms with Gasteiger partial charge in [-0.3, -0.25) is 14.2 Å². The van der Waals surface area contributed by atoms with E-state index in [0.717, 1.165) is 21.7 Å². The normalized spacial score (nSPS) is 12.3. The lowest BCUT2D eigenvalue weighted by Gasteiger charge is -2.21. The number of benzene rings is 2. The van der Waals surface area contributed by atoms with Crippen LogP contribution in [0.15, 0.2) is 83.2 Å². The van der Waals surface area contributed by atoms with Gasteiger partial charge in [-0.2, -0.15) is 0 Å². The van der Waals surface area contributed by atoms with Crippen molar-refractivity contribution >= 4 is 51.6 Å². The highest BCUT2D eigenvalue weighted by atomic mass is 32.1. The van der Waals surface area contributed by atoms with Crippen LogP contribution in [0.25, 0.3) is 34.3 Å². The Hall–Kier alpha value is -5.09. The molecule has 0 saturated carbocycles. The number of para-hydroxylation sites is 1. The Bertz CT molecular complexity index is 1970. The van der Waals surface area contributed by atoms with E-state index in [9.17, 15) is 9.59 Å². The van der Waals surface area contributed by atoms with Crippen molar-refractivity contribution in [1.82, 2.24) is 29.5 Å². The maximum Gasteiger partial charge on any atom is 0.263 e. The van der Waals surface area contributed by atoms with E-state index < -0.39 is 11.9 Å². The third-order valence-electron chi connectivity index (χ3n) is 6.63. The van der Waals surface area contributed by atoms with Crippen LogP contribution >= 0.6 is 11.3 Å². The molecular weight excluding hydrogens is 522 g/mol. The number of amides is 1. The molecule has 198 valence electrons. The van der Waals surface area contributed by atoms with Crippen LogP contribution in [0.4, 0.5) is 5.82 Å². The topological polar surface area (TPSA) is 120 Å². The number of fused-ring (bicyclic) bond motifs is 2. The lowest BCUT2D eigenvalue weighted by atomic mass is 10.0. The first-order valence-corrected chi connectivity index (χ1v) is 13.5. The van der Waals surface area contributed by atoms with Crippen molar-refractivity contribution in [3.8, 4) is 5.69 Å². The molecule has 0 radical (unpaired) electrons. The molecule has 2 aromatic carbocycles. The Morgan fingerprint density at radius 1 is 1.10 bits per heavy atom. The van der Waals surface area contributed by atoms with Crippen molar-refractivity contribution in [2.75, 3.05) is 5.73 Å². The van der Waals surface area contributed by atoms with Crippen LogP contribution in [0.3, 0.4) is 0 Å². The van der Waals surface area contributed by atoms with Crippen molar-refractivity contribution in [2.24, 2.45) is 0 Å². The number of nitrogen functional groups attached to an aromatic ring is 1. The van der Waals surface area contributed by atoms with E-state index in [1.807, 2.05) is 86.0 Å². The molecule has 3 N–H and O–H groups in total. The van der Waals surface area contributed by atoms with Gasteiger partial charge in [0.1, 0.15) is 5.56 Å². The molecule has 1 amide bonds. The van der Waals surface area contributed by atoms with Gasteiger partial charge >= 0.3 is 0 Å². The maximum atomic E-state index is 14.2. The predicted octanol–water partition coefficient (Wildman–Crippen LogP) is 5.04. The molecule has 6 aromatic rings. The number of hydrogen-bond acceptors (Lipinski definition) is 7. The Kier molecular flexibility index (Phi) is 6.45. The Labute approximate surface area is 233 Å². The molecule has 0 bridgehead atoms. The van der Waals surface area contributed by atoms with Crippen LogP contribution < -0.4 is 16.6 Å². The lowest BCUT2D eigenvalue weighted by molar-refractivity contribution is 0.0941. The summed E-state index contributed by atoms with van der Waals surface area (Å²) in [6.07, 6.45) is 7.08. The summed E-state index contributed by atoms with van der Waals surface area (Å²) >= 11 is 1.58. The van der Waals surface area contributed by atoms with Gasteiger partial charge in [-0.05, 0) is 55.1 Å². The number of nitrogens with one attached hydrogen (secondary N) is 1. The summed E-state index contributed by atoms with van der Waals surface area (Å²) in [6.45, 7) is 3.79. The van der Waals surface area contributed by atoms with E-state index in [4.69, 9.17) is 5.73 Å². The van der Waals surface area contributed by atoms with Crippen molar-refractivity contribution in [3.05, 3.63) is 116 Å². The van der Waals surface area contributed by atoms with Gasteiger partial charge in [-0.25, -0.2) is 14.5 Å². The highest BCUT2D eigenvalue weighted by Crippen LogP contribution is 2.25. The van der Waals surface area contributed by atoms with Gasteiger partial charge in [0.2, 0.25) is 0 Å². The summed E-state index contributed by atoms with van der Waals surface area (Å²) in [4.78, 5) is 36.4. The number of thiazole rings is 1. The van der Waals surface area contributed by atoms with Crippen LogP contribution in [0.2, 0.25) is 0 Å². The van der Waals surface area contributed by atoms with Crippen LogP contribution in [-0.2, 0) is 0 Å². The molecule has 10 heteroatoms. The first-order chi connectivity index (χ1) is 19.4. The van der Waals surface area contributed by atoms with Crippen LogP contribution in [0.1, 0.15) is 45.3 Å². The van der Waals surface area contributed by atoms with Crippen molar-refractivity contribution < 1.29 is 4.79 Å². The van der Waals surface area contributed by atoms with Crippen LogP contribution in [0, 0.1) is 6.92 Å². The number of pyridine rings is 1. The Balaban J connectivity index is 1.46. The number of rotatable bonds is 6. The van der Waals surface area contributed by atoms with E-state index >= 15 is 0 Å². The van der Waals surface area contributed by atoms with Gasteiger partial charge in [0, 0.05) is 29.2 Å². The second-order valence-corrected chi connectivity index (χ2v) is 10.4. The third kappa shape index (κ3) is 4.54. The zero-order valence-corrected chi connectivity index (χ0v) is 22.6. The molecule has 0 aliphatic heterocycles. The predicted molar refractivity (Wildman–Crippen MR) is 159 cm³/mol. The number of aromatic nitrogens is 5. The summed E-state index contributed by atoms with van der Waals surface area (Å²) in [5.41, 5.74) is 9.37. The zero-order valence-electron chi connectivity index (χ0n) is 21.8. The highest BCUT2D eigenvalue weighted by molar-refractivity contribution is 7.09. The quantitative estimate of drug-likeness (QED) is 0.301. The van der Waals surface area contributed by atoms with Crippen LogP contribution in [-0.4, -0.2) is 30.1 Å². The molecule has 4 heterocycles. The fraction of sp³-hybridized carbons (Fsp3) is 0.100. The minimum absolute atomic E-state index is 0.0779. The van der Waals surface area contributed by atoms with E-state index in [-0.39, 0.29) is 16.9 Å². The monoisotopic (exact) mass is 547 g/mol. The summed E-state index contributed by atoms with van der Waals surface area (Å²) in [5.74, 6) is -0.352. The molecule has 9 nitrogen and oxygen atoms in total. The first kappa shape index (κ1) is 25.2. The van der Waals surface area contributed by atoms with Gasteiger partial charge < -0.3 is 11.1 Å². The summed E-state index contributed by atoms with van der Waals surface area (Å²) in [6, 6.07) is 18.2. The summed E-state index contributed by atoms with van der Waals surface area (Å²) in [7, 11) is 0. The van der Waals surface area contributed by atoms with Crippen molar-refractivity contribution in [1.29, 1.82) is 0 Å². The minimum Gasteiger partial charge on any atom is -0.381 e. The number of anilines is 1. The number of aryl methyl sites for hydroxylation is 1. The zero-order chi connectivity index (χ0) is 27.8. The average molecular weight is 548 g/mol. The Morgan fingerprint density at radius 2 is 1.93 bits per heavy atom. The number of nitrogens with two attached hydrogens (primary N) is 1. The maximum absolute atomic E-state index is 14.2. The van der Waals surface area contributed by atoms with Crippen molar-refractivity contribution in [2.45, 2.75) is 19.9 Å². The molecule has 0 spiro atoms. The molecule has 0 aliphatic rings. The van der Waals surface area contributed by atoms with Gasteiger partial charge in [0.25, 0.3) is 11.5 Å². The second-order valence-electron chi connectivity index (χ2n) is 9.32. The number of carbonyl (C=O) groups excluding carboxylic acids is 1. The van der Waals surface area contributed by atoms with Gasteiger partial charge in [0.05, 0.1) is 22.1 Å². The molecule has 0 saturated heterocycles. The number of carbonyl (C=O) groups is 1. The molecular formula is C30H25N7O2S. The first-order valence-electron chi connectivity index (χ1n) is 12.6. The second kappa shape index (κ2) is 10.2. The minimum atomic E-state index is -0.556. The number of nitrogens with zero attached hydrogens (tertiary/aromatic N) is 5. The van der Waals surface area contributed by atoms with Gasteiger partial charge in [0.15, 0.2) is 11.5 Å². The molecule has 1 atom stereocenters. The van der Waals surface area contributed by atoms with Crippen LogP contribution in [0.5, 0.6) is 0 Å². The highest BCUT2D eigenvalue weighted by Gasteiger charge is 2.23. The fourth-order valence-electron chi connectivity index (χ4n) is 4.81. The average Bonchev–Trinajstić information content (AvgIpc) is 3.53. The molecule has 0 unspecified atom stereocenters. The van der Waals surface area contributed by atoms with E-state index in [2.05, 4.69) is 20.4 Å². The Morgan fingerprint density at radius 3 is 2.70 bits per heavy atom. The standard InChI is InChI=1S/C30H25N7O2S/c1-18(33-29(38)26-27(31)35-36-15-7-14-32-28(26)36)24-16-21-9-6-8-20(12-13-22-17-40-19(2)34-22)25(21)30(39)37(24)23-10-4-3-5-11-23/h3-18H,1-2H3,(H2,31,35)(H,33,38)/b13-12+/t18-/m0/s1. The van der Waals surface area contributed by atoms with E-state index in [1.165, 1.54) is 4.52 Å². The molecule has 6 rings (SSSR count). The summed E-state index contributed by atoms with van der Waals surface area (Å²) < 4.78 is 3.11.